The molecular formula is C15H12BrClN2O2S. The number of hydrogen-bond acceptors (Lipinski definition) is 4. The first-order valence-corrected chi connectivity index (χ1v) is 8.78. The molecule has 0 saturated heterocycles. The number of carbonyl (C=O) groups excluding carboxylic acids is 1. The van der Waals surface area contributed by atoms with Crippen molar-refractivity contribution in [1.82, 2.24) is 4.90 Å². The molecule has 1 aromatic carbocycles. The van der Waals surface area contributed by atoms with Gasteiger partial charge in [0.2, 0.25) is 0 Å². The van der Waals surface area contributed by atoms with E-state index in [9.17, 15) is 4.79 Å². The predicted octanol–water partition coefficient (Wildman–Crippen LogP) is 4.44. The summed E-state index contributed by atoms with van der Waals surface area (Å²) in [4.78, 5) is 18.5. The van der Waals surface area contributed by atoms with Gasteiger partial charge in [-0.05, 0) is 45.8 Å². The summed E-state index contributed by atoms with van der Waals surface area (Å²) in [5.41, 5.74) is 1.14. The van der Waals surface area contributed by atoms with Gasteiger partial charge in [-0.25, -0.2) is 0 Å². The van der Waals surface area contributed by atoms with Crippen molar-refractivity contribution in [2.75, 3.05) is 13.1 Å². The number of halogens is 2. The molecule has 22 heavy (non-hydrogen) atoms. The minimum absolute atomic E-state index is 0.162. The number of rotatable bonds is 3. The minimum atomic E-state index is -0.162. The number of carbonyl (C=O) groups is 1. The van der Waals surface area contributed by atoms with Crippen LogP contribution in [0.15, 0.2) is 50.5 Å². The zero-order valence-electron chi connectivity index (χ0n) is 11.5. The van der Waals surface area contributed by atoms with Crippen LogP contribution in [-0.4, -0.2) is 29.1 Å². The Hall–Kier alpha value is -1.24. The Kier molecular flexibility index (Phi) is 4.90. The van der Waals surface area contributed by atoms with Gasteiger partial charge in [-0.15, -0.1) is 0 Å². The van der Waals surface area contributed by atoms with Crippen molar-refractivity contribution in [3.8, 4) is 0 Å². The van der Waals surface area contributed by atoms with Crippen molar-refractivity contribution in [2.45, 2.75) is 5.75 Å². The van der Waals surface area contributed by atoms with E-state index in [1.807, 2.05) is 24.3 Å². The first kappa shape index (κ1) is 15.6. The van der Waals surface area contributed by atoms with Crippen LogP contribution in [0.3, 0.4) is 0 Å². The van der Waals surface area contributed by atoms with Crippen LogP contribution in [0.4, 0.5) is 0 Å². The number of nitrogens with zero attached hydrogens (tertiary/aromatic N) is 2. The summed E-state index contributed by atoms with van der Waals surface area (Å²) < 4.78 is 5.87. The molecule has 0 aliphatic carbocycles. The fourth-order valence-electron chi connectivity index (χ4n) is 2.03. The van der Waals surface area contributed by atoms with E-state index < -0.39 is 0 Å². The molecule has 0 N–H and O–H groups in total. The molecule has 1 amide bonds. The zero-order chi connectivity index (χ0) is 15.5. The van der Waals surface area contributed by atoms with Crippen LogP contribution in [0.2, 0.25) is 5.02 Å². The zero-order valence-corrected chi connectivity index (χ0v) is 14.6. The third-order valence-corrected chi connectivity index (χ3v) is 4.88. The Morgan fingerprint density at radius 1 is 1.32 bits per heavy atom. The third-order valence-electron chi connectivity index (χ3n) is 3.11. The van der Waals surface area contributed by atoms with Gasteiger partial charge in [0.25, 0.3) is 5.91 Å². The molecule has 7 heteroatoms. The number of thioether (sulfide) groups is 1. The van der Waals surface area contributed by atoms with Crippen LogP contribution in [0.1, 0.15) is 16.1 Å². The fourth-order valence-corrected chi connectivity index (χ4v) is 3.46. The molecule has 4 nitrogen and oxygen atoms in total. The van der Waals surface area contributed by atoms with Gasteiger partial charge in [-0.3, -0.25) is 14.7 Å². The van der Waals surface area contributed by atoms with Crippen molar-refractivity contribution in [2.24, 2.45) is 4.99 Å². The van der Waals surface area contributed by atoms with Gasteiger partial charge >= 0.3 is 0 Å². The van der Waals surface area contributed by atoms with Crippen molar-refractivity contribution in [3.63, 3.8) is 0 Å². The first-order valence-electron chi connectivity index (χ1n) is 6.62. The summed E-state index contributed by atoms with van der Waals surface area (Å²) in [5.74, 6) is 0.890. The molecule has 1 aliphatic heterocycles. The lowest BCUT2D eigenvalue weighted by molar-refractivity contribution is 0.0829. The lowest BCUT2D eigenvalue weighted by atomic mass is 10.2. The number of benzene rings is 1. The van der Waals surface area contributed by atoms with Crippen LogP contribution in [0.5, 0.6) is 0 Å². The highest BCUT2D eigenvalue weighted by atomic mass is 79.9. The molecule has 0 radical (unpaired) electrons. The summed E-state index contributed by atoms with van der Waals surface area (Å²) >= 11 is 10.6. The molecule has 0 fully saturated rings. The normalized spacial score (nSPS) is 14.3. The summed E-state index contributed by atoms with van der Waals surface area (Å²) in [5, 5.41) is 1.44. The first-order chi connectivity index (χ1) is 10.6. The van der Waals surface area contributed by atoms with Crippen LogP contribution >= 0.6 is 39.3 Å². The maximum atomic E-state index is 12.4. The van der Waals surface area contributed by atoms with Gasteiger partial charge in [0, 0.05) is 17.3 Å². The van der Waals surface area contributed by atoms with E-state index in [-0.39, 0.29) is 5.91 Å². The second-order valence-electron chi connectivity index (χ2n) is 4.64. The smallest absolute Gasteiger partial charge is 0.295 e. The van der Waals surface area contributed by atoms with Crippen molar-refractivity contribution < 1.29 is 9.21 Å². The molecule has 3 rings (SSSR count). The minimum Gasteiger partial charge on any atom is -0.444 e. The van der Waals surface area contributed by atoms with Crippen LogP contribution < -0.4 is 0 Å². The molecule has 2 heterocycles. The Labute approximate surface area is 145 Å². The number of aliphatic imine (C=N–C) groups is 1. The SMILES string of the molecule is O=C(c1ccc(Br)o1)N1CCN=C1SCc1ccc(Cl)cc1. The fraction of sp³-hybridized carbons (Fsp3) is 0.200. The number of amidine groups is 1. The lowest BCUT2D eigenvalue weighted by Crippen LogP contribution is -2.32. The van der Waals surface area contributed by atoms with Gasteiger partial charge in [-0.1, -0.05) is 35.5 Å². The molecule has 114 valence electrons. The van der Waals surface area contributed by atoms with Crippen LogP contribution in [-0.2, 0) is 5.75 Å². The van der Waals surface area contributed by atoms with Crippen LogP contribution in [0, 0.1) is 0 Å². The highest BCUT2D eigenvalue weighted by molar-refractivity contribution is 9.10. The third kappa shape index (κ3) is 3.56. The second kappa shape index (κ2) is 6.89. The highest BCUT2D eigenvalue weighted by Crippen LogP contribution is 2.23. The number of hydrogen-bond donors (Lipinski definition) is 0. The number of furan rings is 1. The van der Waals surface area contributed by atoms with Gasteiger partial charge in [0.05, 0.1) is 6.54 Å². The summed E-state index contributed by atoms with van der Waals surface area (Å²) in [6.45, 7) is 1.21. The summed E-state index contributed by atoms with van der Waals surface area (Å²) in [7, 11) is 0. The van der Waals surface area contributed by atoms with Gasteiger partial charge in [-0.2, -0.15) is 0 Å². The van der Waals surface area contributed by atoms with E-state index in [2.05, 4.69) is 20.9 Å². The quantitative estimate of drug-likeness (QED) is 0.766. The molecular weight excluding hydrogens is 388 g/mol. The van der Waals surface area contributed by atoms with E-state index in [1.165, 1.54) is 11.8 Å². The van der Waals surface area contributed by atoms with Crippen LogP contribution in [0.25, 0.3) is 0 Å². The summed E-state index contributed by atoms with van der Waals surface area (Å²) in [6, 6.07) is 11.0. The molecule has 1 aliphatic rings. The number of amides is 1. The molecule has 0 bridgehead atoms. The van der Waals surface area contributed by atoms with Gasteiger partial charge in [0.1, 0.15) is 0 Å². The Bertz CT molecular complexity index is 715. The van der Waals surface area contributed by atoms with E-state index >= 15 is 0 Å². The van der Waals surface area contributed by atoms with Crippen molar-refractivity contribution in [1.29, 1.82) is 0 Å². The molecule has 1 aromatic heterocycles. The standard InChI is InChI=1S/C15H12BrClN2O2S/c16-13-6-5-12(21-13)14(20)19-8-7-18-15(19)22-9-10-1-3-11(17)4-2-10/h1-6H,7-9H2. The van der Waals surface area contributed by atoms with Crippen molar-refractivity contribution >= 4 is 50.4 Å². The molecule has 0 atom stereocenters. The largest absolute Gasteiger partial charge is 0.444 e. The second-order valence-corrected chi connectivity index (χ2v) is 6.80. The monoisotopic (exact) mass is 398 g/mol. The maximum Gasteiger partial charge on any atom is 0.295 e. The highest BCUT2D eigenvalue weighted by Gasteiger charge is 2.27. The van der Waals surface area contributed by atoms with E-state index in [0.29, 0.717) is 28.5 Å². The lowest BCUT2D eigenvalue weighted by Gasteiger charge is -2.16. The molecule has 2 aromatic rings. The molecule has 0 saturated carbocycles. The topological polar surface area (TPSA) is 45.8 Å². The summed E-state index contributed by atoms with van der Waals surface area (Å²) in [6.07, 6.45) is 0. The van der Waals surface area contributed by atoms with Gasteiger partial charge < -0.3 is 4.42 Å². The van der Waals surface area contributed by atoms with Crippen molar-refractivity contribution in [3.05, 3.63) is 57.4 Å². The van der Waals surface area contributed by atoms with E-state index in [4.69, 9.17) is 16.0 Å². The van der Waals surface area contributed by atoms with E-state index in [1.54, 1.807) is 17.0 Å². The average molecular weight is 400 g/mol. The Morgan fingerprint density at radius 3 is 2.77 bits per heavy atom. The maximum absolute atomic E-state index is 12.4. The average Bonchev–Trinajstić information content (AvgIpc) is 3.15. The van der Waals surface area contributed by atoms with Gasteiger partial charge in [0.15, 0.2) is 15.6 Å². The molecule has 0 spiro atoms. The predicted molar refractivity (Wildman–Crippen MR) is 92.5 cm³/mol. The van der Waals surface area contributed by atoms with E-state index in [0.717, 1.165) is 16.5 Å². The Balaban J connectivity index is 1.65. The molecule has 0 unspecified atom stereocenters. The Morgan fingerprint density at radius 2 is 2.09 bits per heavy atom.